The quantitative estimate of drug-likeness (QED) is 0.456. The molecule has 0 radical (unpaired) electrons. The first-order valence-electron chi connectivity index (χ1n) is 7.32. The minimum atomic E-state index is -1.20. The summed E-state index contributed by atoms with van der Waals surface area (Å²) in [6, 6.07) is 6.43. The van der Waals surface area contributed by atoms with Gasteiger partial charge in [0.15, 0.2) is 17.4 Å². The third-order valence-corrected chi connectivity index (χ3v) is 3.95. The molecular formula is C18H17F3INO. The van der Waals surface area contributed by atoms with Crippen LogP contribution in [0.15, 0.2) is 30.3 Å². The second-order valence-corrected chi connectivity index (χ2v) is 7.94. The van der Waals surface area contributed by atoms with Gasteiger partial charge >= 0.3 is 0 Å². The molecule has 0 spiro atoms. The summed E-state index contributed by atoms with van der Waals surface area (Å²) in [4.78, 5) is 12.4. The number of carbonyl (C=O) groups is 1. The van der Waals surface area contributed by atoms with Crippen LogP contribution in [0.25, 0.3) is 0 Å². The number of anilines is 2. The standard InChI is InChI=1S/C18H17F3INO/c1-18(2,3)9-15(24)11-5-6-12(19)16(21)17(11)23-14-7-4-10(22)8-13(14)20/h4-8,23H,9H2,1-3H3. The first-order chi connectivity index (χ1) is 11.1. The number of benzene rings is 2. The number of nitrogens with one attached hydrogen (secondary N) is 1. The van der Waals surface area contributed by atoms with Crippen molar-refractivity contribution in [3.8, 4) is 0 Å². The van der Waals surface area contributed by atoms with Gasteiger partial charge in [-0.2, -0.15) is 0 Å². The molecule has 0 saturated carbocycles. The first-order valence-corrected chi connectivity index (χ1v) is 8.39. The molecule has 128 valence electrons. The van der Waals surface area contributed by atoms with Crippen molar-refractivity contribution in [3.05, 3.63) is 56.9 Å². The summed E-state index contributed by atoms with van der Waals surface area (Å²) in [6.45, 7) is 5.62. The van der Waals surface area contributed by atoms with Crippen LogP contribution in [0.4, 0.5) is 24.5 Å². The molecular weight excluding hydrogens is 430 g/mol. The third-order valence-electron chi connectivity index (χ3n) is 3.28. The molecule has 0 atom stereocenters. The number of ketones is 1. The van der Waals surface area contributed by atoms with Crippen LogP contribution in [-0.2, 0) is 0 Å². The number of Topliss-reactive ketones (excluding diaryl/α,β-unsaturated/α-hetero) is 1. The lowest BCUT2D eigenvalue weighted by atomic mass is 9.87. The van der Waals surface area contributed by atoms with Crippen LogP contribution < -0.4 is 5.32 Å². The van der Waals surface area contributed by atoms with Gasteiger partial charge in [-0.15, -0.1) is 0 Å². The Hall–Kier alpha value is -1.57. The summed E-state index contributed by atoms with van der Waals surface area (Å²) in [5, 5.41) is 2.53. The van der Waals surface area contributed by atoms with Gasteiger partial charge < -0.3 is 5.32 Å². The molecule has 1 N–H and O–H groups in total. The van der Waals surface area contributed by atoms with Crippen LogP contribution in [-0.4, -0.2) is 5.78 Å². The van der Waals surface area contributed by atoms with Gasteiger partial charge in [-0.25, -0.2) is 13.2 Å². The average molecular weight is 447 g/mol. The summed E-state index contributed by atoms with van der Waals surface area (Å²) in [7, 11) is 0. The second kappa shape index (κ2) is 7.13. The molecule has 0 aliphatic rings. The van der Waals surface area contributed by atoms with Crippen molar-refractivity contribution in [1.29, 1.82) is 0 Å². The molecule has 2 aromatic carbocycles. The summed E-state index contributed by atoms with van der Waals surface area (Å²) >= 11 is 1.94. The predicted molar refractivity (Wildman–Crippen MR) is 97.2 cm³/mol. The molecule has 2 nitrogen and oxygen atoms in total. The fraction of sp³-hybridized carbons (Fsp3) is 0.278. The van der Waals surface area contributed by atoms with Gasteiger partial charge in [0.2, 0.25) is 0 Å². The van der Waals surface area contributed by atoms with Crippen molar-refractivity contribution in [2.75, 3.05) is 5.32 Å². The molecule has 0 saturated heterocycles. The van der Waals surface area contributed by atoms with Crippen LogP contribution in [0.1, 0.15) is 37.6 Å². The van der Waals surface area contributed by atoms with E-state index in [9.17, 15) is 18.0 Å². The summed E-state index contributed by atoms with van der Waals surface area (Å²) < 4.78 is 42.5. The summed E-state index contributed by atoms with van der Waals surface area (Å²) in [6.07, 6.45) is 0.155. The molecule has 0 aliphatic heterocycles. The van der Waals surface area contributed by atoms with E-state index in [2.05, 4.69) is 5.32 Å². The monoisotopic (exact) mass is 447 g/mol. The minimum absolute atomic E-state index is 0.00164. The van der Waals surface area contributed by atoms with Gasteiger partial charge in [0.05, 0.1) is 11.4 Å². The zero-order valence-corrected chi connectivity index (χ0v) is 15.7. The van der Waals surface area contributed by atoms with E-state index in [0.29, 0.717) is 3.57 Å². The van der Waals surface area contributed by atoms with Gasteiger partial charge in [0.1, 0.15) is 5.82 Å². The Morgan fingerprint density at radius 3 is 2.33 bits per heavy atom. The van der Waals surface area contributed by atoms with Gasteiger partial charge in [-0.05, 0) is 58.3 Å². The van der Waals surface area contributed by atoms with Gasteiger partial charge in [-0.3, -0.25) is 4.79 Å². The number of rotatable bonds is 4. The highest BCUT2D eigenvalue weighted by Gasteiger charge is 2.23. The topological polar surface area (TPSA) is 29.1 Å². The molecule has 0 fully saturated rings. The number of hydrogen-bond acceptors (Lipinski definition) is 2. The second-order valence-electron chi connectivity index (χ2n) is 6.69. The molecule has 0 aliphatic carbocycles. The van der Waals surface area contributed by atoms with E-state index in [-0.39, 0.29) is 34.6 Å². The highest BCUT2D eigenvalue weighted by atomic mass is 127. The predicted octanol–water partition coefficient (Wildman–Crippen LogP) is 6.07. The van der Waals surface area contributed by atoms with Crippen molar-refractivity contribution < 1.29 is 18.0 Å². The van der Waals surface area contributed by atoms with Gasteiger partial charge in [0.25, 0.3) is 0 Å². The lowest BCUT2D eigenvalue weighted by Crippen LogP contribution is -2.15. The van der Waals surface area contributed by atoms with E-state index in [4.69, 9.17) is 0 Å². The Morgan fingerprint density at radius 1 is 1.08 bits per heavy atom. The molecule has 0 bridgehead atoms. The maximum Gasteiger partial charge on any atom is 0.182 e. The Bertz CT molecular complexity index is 785. The summed E-state index contributed by atoms with van der Waals surface area (Å²) in [5.41, 5.74) is -0.677. The number of halogens is 4. The van der Waals surface area contributed by atoms with E-state index in [0.717, 1.165) is 6.07 Å². The smallest absolute Gasteiger partial charge is 0.182 e. The Kier molecular flexibility index (Phi) is 5.57. The van der Waals surface area contributed by atoms with E-state index >= 15 is 0 Å². The third kappa shape index (κ3) is 4.49. The number of carbonyl (C=O) groups excluding carboxylic acids is 1. The lowest BCUT2D eigenvalue weighted by molar-refractivity contribution is 0.0940. The van der Waals surface area contributed by atoms with Crippen molar-refractivity contribution in [2.45, 2.75) is 27.2 Å². The van der Waals surface area contributed by atoms with Crippen LogP contribution in [0.5, 0.6) is 0 Å². The minimum Gasteiger partial charge on any atom is -0.350 e. The fourth-order valence-electron chi connectivity index (χ4n) is 2.21. The fourth-order valence-corrected chi connectivity index (χ4v) is 2.66. The highest BCUT2D eigenvalue weighted by molar-refractivity contribution is 14.1. The molecule has 2 aromatic rings. The maximum absolute atomic E-state index is 14.2. The van der Waals surface area contributed by atoms with Crippen molar-refractivity contribution in [1.82, 2.24) is 0 Å². The molecule has 2 rings (SSSR count). The zero-order chi connectivity index (χ0) is 18.1. The molecule has 24 heavy (non-hydrogen) atoms. The molecule has 0 unspecified atom stereocenters. The van der Waals surface area contributed by atoms with Crippen LogP contribution in [0.2, 0.25) is 0 Å². The zero-order valence-electron chi connectivity index (χ0n) is 13.5. The summed E-state index contributed by atoms with van der Waals surface area (Å²) in [5.74, 6) is -3.25. The lowest BCUT2D eigenvalue weighted by Gasteiger charge is -2.19. The van der Waals surface area contributed by atoms with Crippen LogP contribution in [0, 0.1) is 26.4 Å². The van der Waals surface area contributed by atoms with E-state index < -0.39 is 17.5 Å². The van der Waals surface area contributed by atoms with E-state index in [1.165, 1.54) is 18.2 Å². The van der Waals surface area contributed by atoms with Crippen LogP contribution >= 0.6 is 22.6 Å². The normalized spacial score (nSPS) is 11.5. The van der Waals surface area contributed by atoms with E-state index in [1.807, 2.05) is 43.4 Å². The van der Waals surface area contributed by atoms with Crippen LogP contribution in [0.3, 0.4) is 0 Å². The van der Waals surface area contributed by atoms with Gasteiger partial charge in [0, 0.05) is 15.6 Å². The molecule has 0 amide bonds. The largest absolute Gasteiger partial charge is 0.350 e. The Morgan fingerprint density at radius 2 is 1.75 bits per heavy atom. The first kappa shape index (κ1) is 18.8. The number of hydrogen-bond donors (Lipinski definition) is 1. The average Bonchev–Trinajstić information content (AvgIpc) is 2.44. The van der Waals surface area contributed by atoms with Crippen molar-refractivity contribution in [2.24, 2.45) is 5.41 Å². The molecule has 0 aromatic heterocycles. The van der Waals surface area contributed by atoms with E-state index in [1.54, 1.807) is 6.07 Å². The van der Waals surface area contributed by atoms with Crippen molar-refractivity contribution >= 4 is 39.7 Å². The highest BCUT2D eigenvalue weighted by Crippen LogP contribution is 2.31. The van der Waals surface area contributed by atoms with Crippen molar-refractivity contribution in [3.63, 3.8) is 0 Å². The Balaban J connectivity index is 2.47. The van der Waals surface area contributed by atoms with Gasteiger partial charge in [-0.1, -0.05) is 20.8 Å². The maximum atomic E-state index is 14.2. The molecule has 0 heterocycles. The SMILES string of the molecule is CC(C)(C)CC(=O)c1ccc(F)c(F)c1Nc1ccc(I)cc1F. The molecule has 6 heteroatoms. The Labute approximate surface area is 152 Å².